The van der Waals surface area contributed by atoms with Gasteiger partial charge in [-0.1, -0.05) is 31.9 Å². The van der Waals surface area contributed by atoms with Gasteiger partial charge < -0.3 is 9.84 Å². The normalized spacial score (nSPS) is 12.3. The van der Waals surface area contributed by atoms with Crippen molar-refractivity contribution in [2.75, 3.05) is 6.23 Å². The van der Waals surface area contributed by atoms with Gasteiger partial charge in [-0.05, 0) is 0 Å². The molecule has 0 amide bonds. The molecule has 0 unspecified atom stereocenters. The van der Waals surface area contributed by atoms with E-state index in [1.807, 2.05) is 0 Å². The molecule has 0 aliphatic carbocycles. The second kappa shape index (κ2) is 4.79. The molecule has 82 valence electrons. The van der Waals surface area contributed by atoms with Gasteiger partial charge >= 0.3 is 6.16 Å². The van der Waals surface area contributed by atoms with Gasteiger partial charge in [-0.2, -0.15) is 0 Å². The molecular weight excluding hydrogens is 212 g/mol. The van der Waals surface area contributed by atoms with E-state index in [4.69, 9.17) is 5.11 Å². The van der Waals surface area contributed by atoms with Gasteiger partial charge in [0.1, 0.15) is 0 Å². The number of hydrogen-bond donors (Lipinski definition) is 1. The van der Waals surface area contributed by atoms with Crippen molar-refractivity contribution in [3.63, 3.8) is 0 Å². The highest BCUT2D eigenvalue weighted by molar-refractivity contribution is 6.97. The van der Waals surface area contributed by atoms with Gasteiger partial charge in [0.05, 0.1) is 22.4 Å². The third-order valence-corrected chi connectivity index (χ3v) is 11.6. The molecule has 14 heavy (non-hydrogen) atoms. The summed E-state index contributed by atoms with van der Waals surface area (Å²) in [5.41, 5.74) is 3.18. The first kappa shape index (κ1) is 13.4. The highest BCUT2D eigenvalue weighted by Gasteiger charge is 2.31. The van der Waals surface area contributed by atoms with Gasteiger partial charge in [-0.3, -0.25) is 0 Å². The average molecular weight is 232 g/mol. The molecule has 0 aliphatic heterocycles. The van der Waals surface area contributed by atoms with Crippen LogP contribution in [-0.2, 0) is 4.74 Å². The summed E-state index contributed by atoms with van der Waals surface area (Å²) in [6.07, 6.45) is -0.768. The smallest absolute Gasteiger partial charge is 0.450 e. The van der Waals surface area contributed by atoms with Crippen LogP contribution in [0.4, 0.5) is 4.79 Å². The van der Waals surface area contributed by atoms with Crippen LogP contribution in [0, 0.1) is 0 Å². The molecule has 1 N–H and O–H groups in total. The van der Waals surface area contributed by atoms with E-state index in [0.717, 1.165) is 5.67 Å². The molecule has 0 rings (SSSR count). The minimum atomic E-state index is -1.54. The third-order valence-electron chi connectivity index (χ3n) is 2.07. The minimum Gasteiger partial charge on any atom is -0.450 e. The number of carboxylic acid groups (broad SMARTS) is 1. The van der Waals surface area contributed by atoms with Crippen molar-refractivity contribution in [2.45, 2.75) is 31.9 Å². The predicted molar refractivity (Wildman–Crippen MR) is 63.9 cm³/mol. The predicted octanol–water partition coefficient (Wildman–Crippen LogP) is 2.90. The van der Waals surface area contributed by atoms with Crippen molar-refractivity contribution < 1.29 is 14.6 Å². The molecule has 0 aromatic carbocycles. The maximum Gasteiger partial charge on any atom is 0.505 e. The molecule has 0 atom stereocenters. The number of hydrogen-bond acceptors (Lipinski definition) is 2. The molecule has 0 bridgehead atoms. The van der Waals surface area contributed by atoms with E-state index in [-0.39, 0.29) is 0 Å². The third kappa shape index (κ3) is 5.98. The van der Waals surface area contributed by atoms with Crippen LogP contribution < -0.4 is 0 Å². The van der Waals surface area contributed by atoms with Crippen LogP contribution in [0.5, 0.6) is 0 Å². The summed E-state index contributed by atoms with van der Waals surface area (Å²) in [6.45, 7) is 12.7. The summed E-state index contributed by atoms with van der Waals surface area (Å²) in [7, 11) is -2.87. The Bertz CT molecular complexity index is 224. The van der Waals surface area contributed by atoms with Gasteiger partial charge in [-0.25, -0.2) is 4.79 Å². The quantitative estimate of drug-likeness (QED) is 0.585. The van der Waals surface area contributed by atoms with Crippen LogP contribution in [0.2, 0.25) is 31.9 Å². The molecule has 0 spiro atoms. The molecule has 0 heterocycles. The molecular formula is C9H20O3Si2. The van der Waals surface area contributed by atoms with Crippen LogP contribution in [0.15, 0.2) is 12.3 Å². The fourth-order valence-electron chi connectivity index (χ4n) is 1.61. The van der Waals surface area contributed by atoms with E-state index >= 15 is 0 Å². The van der Waals surface area contributed by atoms with Crippen LogP contribution in [0.3, 0.4) is 0 Å². The summed E-state index contributed by atoms with van der Waals surface area (Å²) in [5, 5.41) is 8.42. The van der Waals surface area contributed by atoms with E-state index in [2.05, 4.69) is 43.2 Å². The van der Waals surface area contributed by atoms with Gasteiger partial charge in [0.25, 0.3) is 0 Å². The number of ether oxygens (including phenoxy) is 1. The fraction of sp³-hybridized carbons (Fsp3) is 0.667. The van der Waals surface area contributed by atoms with Gasteiger partial charge in [0, 0.05) is 0 Å². The van der Waals surface area contributed by atoms with Gasteiger partial charge in [-0.15, -0.1) is 12.3 Å². The zero-order chi connectivity index (χ0) is 11.4. The molecule has 0 aliphatic rings. The lowest BCUT2D eigenvalue weighted by Gasteiger charge is -2.28. The first-order valence-electron chi connectivity index (χ1n) is 4.68. The second-order valence-electron chi connectivity index (χ2n) is 5.09. The van der Waals surface area contributed by atoms with E-state index in [9.17, 15) is 4.79 Å². The SMILES string of the molecule is C=C[Si](C)(C)C[Si](C)(C)COC(=O)O. The molecule has 0 aromatic rings. The highest BCUT2D eigenvalue weighted by atomic mass is 28.4. The summed E-state index contributed by atoms with van der Waals surface area (Å²) in [6, 6.07) is 0. The minimum absolute atomic E-state index is 0.395. The maximum atomic E-state index is 10.3. The number of carbonyl (C=O) groups is 1. The highest BCUT2D eigenvalue weighted by Crippen LogP contribution is 2.20. The average Bonchev–Trinajstić information content (AvgIpc) is 1.99. The molecule has 0 saturated carbocycles. The second-order valence-corrected chi connectivity index (χ2v) is 15.5. The first-order valence-corrected chi connectivity index (χ1v) is 11.4. The molecule has 0 aromatic heterocycles. The summed E-state index contributed by atoms with van der Waals surface area (Å²) in [4.78, 5) is 10.3. The monoisotopic (exact) mass is 232 g/mol. The number of rotatable bonds is 5. The van der Waals surface area contributed by atoms with Gasteiger partial charge in [0.15, 0.2) is 0 Å². The van der Waals surface area contributed by atoms with E-state index in [1.165, 1.54) is 0 Å². The van der Waals surface area contributed by atoms with Crippen LogP contribution in [-0.4, -0.2) is 33.6 Å². The van der Waals surface area contributed by atoms with Crippen LogP contribution in [0.1, 0.15) is 0 Å². The van der Waals surface area contributed by atoms with Crippen molar-refractivity contribution in [3.8, 4) is 0 Å². The van der Waals surface area contributed by atoms with Crippen molar-refractivity contribution in [3.05, 3.63) is 12.3 Å². The van der Waals surface area contributed by atoms with E-state index in [1.54, 1.807) is 0 Å². The van der Waals surface area contributed by atoms with Crippen molar-refractivity contribution in [1.29, 1.82) is 0 Å². The lowest BCUT2D eigenvalue weighted by molar-refractivity contribution is 0.105. The zero-order valence-corrected chi connectivity index (χ0v) is 11.5. The Hall–Kier alpha value is -0.556. The van der Waals surface area contributed by atoms with Crippen LogP contribution >= 0.6 is 0 Å². The standard InChI is InChI=1S/C9H20O3Si2/c1-6-13(2,3)8-14(4,5)7-12-9(10)11/h6H,1,7-8H2,2-5H3,(H,10,11). The Kier molecular flexibility index (Phi) is 4.60. The molecule has 3 nitrogen and oxygen atoms in total. The zero-order valence-electron chi connectivity index (χ0n) is 9.46. The Morgan fingerprint density at radius 3 is 2.29 bits per heavy atom. The Morgan fingerprint density at radius 2 is 1.93 bits per heavy atom. The molecule has 5 heteroatoms. The van der Waals surface area contributed by atoms with Crippen molar-refractivity contribution >= 4 is 22.3 Å². The lowest BCUT2D eigenvalue weighted by atomic mass is 11.3. The Balaban J connectivity index is 4.19. The Labute approximate surface area is 87.8 Å². The maximum absolute atomic E-state index is 10.3. The molecule has 0 radical (unpaired) electrons. The molecule has 0 fully saturated rings. The lowest BCUT2D eigenvalue weighted by Crippen LogP contribution is -2.42. The largest absolute Gasteiger partial charge is 0.505 e. The van der Waals surface area contributed by atoms with E-state index < -0.39 is 22.3 Å². The molecule has 0 saturated heterocycles. The fourth-order valence-corrected chi connectivity index (χ4v) is 13.0. The summed E-state index contributed by atoms with van der Waals surface area (Å²) >= 11 is 0. The first-order chi connectivity index (χ1) is 6.18. The topological polar surface area (TPSA) is 46.5 Å². The van der Waals surface area contributed by atoms with Crippen molar-refractivity contribution in [2.24, 2.45) is 0 Å². The van der Waals surface area contributed by atoms with E-state index in [0.29, 0.717) is 6.23 Å². The van der Waals surface area contributed by atoms with Crippen LogP contribution in [0.25, 0.3) is 0 Å². The summed E-state index contributed by atoms with van der Waals surface area (Å²) in [5.74, 6) is 0. The Morgan fingerprint density at radius 1 is 1.43 bits per heavy atom. The summed E-state index contributed by atoms with van der Waals surface area (Å²) < 4.78 is 4.66. The van der Waals surface area contributed by atoms with Gasteiger partial charge in [0.2, 0.25) is 0 Å². The van der Waals surface area contributed by atoms with Crippen molar-refractivity contribution in [1.82, 2.24) is 0 Å².